The second-order valence-electron chi connectivity index (χ2n) is 11.0. The van der Waals surface area contributed by atoms with Gasteiger partial charge in [-0.3, -0.25) is 4.79 Å². The predicted octanol–water partition coefficient (Wildman–Crippen LogP) is 7.91. The number of allylic oxidation sites excluding steroid dienone is 10. The molecule has 0 bridgehead atoms. The van der Waals surface area contributed by atoms with Gasteiger partial charge < -0.3 is 0 Å². The lowest BCUT2D eigenvalue weighted by Crippen LogP contribution is -2.26. The molecule has 2 aliphatic carbocycles. The lowest BCUT2D eigenvalue weighted by atomic mass is 9.66. The largest absolute Gasteiger partial charge is 0.299 e. The summed E-state index contributed by atoms with van der Waals surface area (Å²) in [7, 11) is 0. The van der Waals surface area contributed by atoms with E-state index in [4.69, 9.17) is 0 Å². The normalized spacial score (nSPS) is 28.8. The molecule has 0 saturated carbocycles. The van der Waals surface area contributed by atoms with Gasteiger partial charge in [0, 0.05) is 0 Å². The summed E-state index contributed by atoms with van der Waals surface area (Å²) in [4.78, 5) is 11.2. The lowest BCUT2D eigenvalue weighted by molar-refractivity contribution is -0.104. The highest BCUT2D eigenvalue weighted by Gasteiger charge is 2.33. The molecule has 0 unspecified atom stereocenters. The molecule has 2 rings (SSSR count). The second-order valence-corrected chi connectivity index (χ2v) is 11.0. The zero-order valence-electron chi connectivity index (χ0n) is 19.4. The van der Waals surface area contributed by atoms with Crippen LogP contribution in [-0.2, 0) is 4.79 Å². The number of carbonyl (C=O) groups is 1. The molecule has 154 valence electrons. The first-order valence-corrected chi connectivity index (χ1v) is 10.8. The molecule has 0 atom stereocenters. The Morgan fingerprint density at radius 1 is 1.04 bits per heavy atom. The SMILES string of the molecule is CC1=C(/C=C/C(C)=C2/C=C\C(=C\C=O)C(C)(C)CC(C)(C)C2)C(C)(C)CCC1. The van der Waals surface area contributed by atoms with Crippen LogP contribution in [0.1, 0.15) is 87.5 Å². The monoisotopic (exact) mass is 380 g/mol. The van der Waals surface area contributed by atoms with Crippen molar-refractivity contribution in [3.63, 3.8) is 0 Å². The van der Waals surface area contributed by atoms with Crippen LogP contribution in [0.3, 0.4) is 0 Å². The number of hydrogen-bond acceptors (Lipinski definition) is 1. The van der Waals surface area contributed by atoms with E-state index < -0.39 is 0 Å². The molecule has 0 aliphatic heterocycles. The minimum atomic E-state index is 0.00420. The van der Waals surface area contributed by atoms with Crippen molar-refractivity contribution >= 4 is 6.29 Å². The Morgan fingerprint density at radius 3 is 2.32 bits per heavy atom. The maximum Gasteiger partial charge on any atom is 0.143 e. The molecule has 0 heterocycles. The van der Waals surface area contributed by atoms with Crippen molar-refractivity contribution in [2.75, 3.05) is 0 Å². The summed E-state index contributed by atoms with van der Waals surface area (Å²) in [6.45, 7) is 18.5. The fourth-order valence-corrected chi connectivity index (χ4v) is 5.30. The third-order valence-corrected chi connectivity index (χ3v) is 6.63. The molecule has 28 heavy (non-hydrogen) atoms. The van der Waals surface area contributed by atoms with Crippen LogP contribution in [0, 0.1) is 16.2 Å². The maximum atomic E-state index is 11.2. The van der Waals surface area contributed by atoms with E-state index in [2.05, 4.69) is 79.7 Å². The molecule has 0 saturated heterocycles. The molecule has 0 aromatic heterocycles. The topological polar surface area (TPSA) is 17.1 Å². The van der Waals surface area contributed by atoms with Gasteiger partial charge in [-0.05, 0) is 90.6 Å². The van der Waals surface area contributed by atoms with E-state index in [1.54, 1.807) is 6.08 Å². The van der Waals surface area contributed by atoms with E-state index in [0.717, 1.165) is 24.7 Å². The average molecular weight is 381 g/mol. The third kappa shape index (κ3) is 5.46. The lowest BCUT2D eigenvalue weighted by Gasteiger charge is -2.38. The first-order chi connectivity index (χ1) is 12.9. The molecule has 0 radical (unpaired) electrons. The van der Waals surface area contributed by atoms with Crippen LogP contribution in [0.4, 0.5) is 0 Å². The summed E-state index contributed by atoms with van der Waals surface area (Å²) in [5, 5.41) is 0. The first-order valence-electron chi connectivity index (χ1n) is 10.8. The Kier molecular flexibility index (Phi) is 6.79. The third-order valence-electron chi connectivity index (χ3n) is 6.63. The fourth-order valence-electron chi connectivity index (χ4n) is 5.30. The summed E-state index contributed by atoms with van der Waals surface area (Å²) in [5.41, 5.74) is 7.33. The number of rotatable bonds is 3. The van der Waals surface area contributed by atoms with Gasteiger partial charge in [0.25, 0.3) is 0 Å². The Hall–Kier alpha value is -1.63. The van der Waals surface area contributed by atoms with E-state index >= 15 is 0 Å². The molecular weight excluding hydrogens is 340 g/mol. The molecule has 0 aromatic rings. The Balaban J connectivity index is 2.44. The first kappa shape index (κ1) is 22.7. The van der Waals surface area contributed by atoms with Crippen LogP contribution in [0.25, 0.3) is 0 Å². The predicted molar refractivity (Wildman–Crippen MR) is 122 cm³/mol. The molecule has 0 spiro atoms. The molecule has 1 nitrogen and oxygen atoms in total. The highest BCUT2D eigenvalue weighted by Crippen LogP contribution is 2.45. The van der Waals surface area contributed by atoms with Gasteiger partial charge in [-0.15, -0.1) is 0 Å². The van der Waals surface area contributed by atoms with Crippen LogP contribution >= 0.6 is 0 Å². The summed E-state index contributed by atoms with van der Waals surface area (Å²) >= 11 is 0. The van der Waals surface area contributed by atoms with Gasteiger partial charge >= 0.3 is 0 Å². The summed E-state index contributed by atoms with van der Waals surface area (Å²) < 4.78 is 0. The van der Waals surface area contributed by atoms with Gasteiger partial charge in [-0.1, -0.05) is 71.4 Å². The Labute approximate surface area is 173 Å². The van der Waals surface area contributed by atoms with Crippen LogP contribution < -0.4 is 0 Å². The maximum absolute atomic E-state index is 11.2. The number of carbonyl (C=O) groups excluding carboxylic acids is 1. The zero-order chi connectivity index (χ0) is 21.2. The molecule has 0 fully saturated rings. The molecular formula is C27H40O. The van der Waals surface area contributed by atoms with E-state index in [9.17, 15) is 4.79 Å². The van der Waals surface area contributed by atoms with Crippen LogP contribution in [0.5, 0.6) is 0 Å². The van der Waals surface area contributed by atoms with Crippen LogP contribution in [0.2, 0.25) is 0 Å². The highest BCUT2D eigenvalue weighted by molar-refractivity contribution is 5.68. The van der Waals surface area contributed by atoms with Gasteiger partial charge in [0.05, 0.1) is 0 Å². The average Bonchev–Trinajstić information content (AvgIpc) is 2.53. The van der Waals surface area contributed by atoms with E-state index in [1.807, 2.05) is 0 Å². The summed E-state index contributed by atoms with van der Waals surface area (Å²) in [6.07, 6.45) is 17.6. The van der Waals surface area contributed by atoms with Crippen molar-refractivity contribution in [3.8, 4) is 0 Å². The Morgan fingerprint density at radius 2 is 1.71 bits per heavy atom. The minimum Gasteiger partial charge on any atom is -0.299 e. The van der Waals surface area contributed by atoms with Crippen molar-refractivity contribution in [2.24, 2.45) is 16.2 Å². The summed E-state index contributed by atoms with van der Waals surface area (Å²) in [5.74, 6) is 0. The molecule has 0 N–H and O–H groups in total. The van der Waals surface area contributed by atoms with Crippen LogP contribution in [0.15, 0.2) is 58.2 Å². The van der Waals surface area contributed by atoms with Gasteiger partial charge in [-0.25, -0.2) is 0 Å². The van der Waals surface area contributed by atoms with E-state index in [1.165, 1.54) is 41.6 Å². The van der Waals surface area contributed by atoms with Gasteiger partial charge in [0.15, 0.2) is 0 Å². The summed E-state index contributed by atoms with van der Waals surface area (Å²) in [6, 6.07) is 0. The fraction of sp³-hybridized carbons (Fsp3) is 0.593. The van der Waals surface area contributed by atoms with Crippen molar-refractivity contribution < 1.29 is 4.79 Å². The quantitative estimate of drug-likeness (QED) is 0.359. The van der Waals surface area contributed by atoms with Crippen LogP contribution in [-0.4, -0.2) is 6.29 Å². The molecule has 0 aromatic carbocycles. The standard InChI is InChI=1S/C27H40O/c1-20(11-14-24-21(2)10-9-16-26(24,5)6)22-12-13-23(15-17-28)27(7,8)19-25(3,4)18-22/h11-15,17H,9-10,16,18-19H2,1-8H3/b13-12-,14-11+,22-20-,23-15-. The van der Waals surface area contributed by atoms with Crippen molar-refractivity contribution in [3.05, 3.63) is 58.2 Å². The van der Waals surface area contributed by atoms with Gasteiger partial charge in [0.2, 0.25) is 0 Å². The van der Waals surface area contributed by atoms with Crippen molar-refractivity contribution in [1.29, 1.82) is 0 Å². The van der Waals surface area contributed by atoms with Crippen molar-refractivity contribution in [1.82, 2.24) is 0 Å². The molecule has 0 amide bonds. The van der Waals surface area contributed by atoms with E-state index in [0.29, 0.717) is 0 Å². The van der Waals surface area contributed by atoms with Crippen molar-refractivity contribution in [2.45, 2.75) is 87.5 Å². The van der Waals surface area contributed by atoms with E-state index in [-0.39, 0.29) is 16.2 Å². The second kappa shape index (κ2) is 8.39. The number of aldehydes is 1. The van der Waals surface area contributed by atoms with Gasteiger partial charge in [-0.2, -0.15) is 0 Å². The highest BCUT2D eigenvalue weighted by atomic mass is 16.1. The zero-order valence-corrected chi connectivity index (χ0v) is 19.4. The molecule has 1 heteroatoms. The smallest absolute Gasteiger partial charge is 0.143 e. The van der Waals surface area contributed by atoms with Gasteiger partial charge in [0.1, 0.15) is 6.29 Å². The number of hydrogen-bond donors (Lipinski definition) is 0. The minimum absolute atomic E-state index is 0.00420. The Bertz CT molecular complexity index is 760. The molecule has 2 aliphatic rings.